The largest absolute Gasteiger partial charge is 0.350 e. The molecule has 1 atom stereocenters. The summed E-state index contributed by atoms with van der Waals surface area (Å²) >= 11 is 0. The van der Waals surface area contributed by atoms with Crippen molar-refractivity contribution in [3.8, 4) is 11.3 Å². The van der Waals surface area contributed by atoms with Crippen molar-refractivity contribution >= 4 is 22.8 Å². The fraction of sp³-hybridized carbons (Fsp3) is 0.333. The Morgan fingerprint density at radius 2 is 1.93 bits per heavy atom. The number of rotatable bonds is 5. The maximum Gasteiger partial charge on any atom is 0.252 e. The smallest absolute Gasteiger partial charge is 0.252 e. The van der Waals surface area contributed by atoms with Gasteiger partial charge in [0.15, 0.2) is 0 Å². The topological polar surface area (TPSA) is 71.0 Å². The molecule has 3 rings (SSSR count). The number of anilines is 1. The Balaban J connectivity index is 2.14. The van der Waals surface area contributed by atoms with Crippen LogP contribution in [0.15, 0.2) is 36.7 Å². The SMILES string of the molecule is CC[C@H](C)NC(=O)c1cc(-c2cnc(N(C)C)nc2)nc2c(C)cccc12. The Morgan fingerprint density at radius 1 is 1.22 bits per heavy atom. The number of pyridine rings is 1. The van der Waals surface area contributed by atoms with Gasteiger partial charge in [0, 0.05) is 43.5 Å². The average Bonchev–Trinajstić information content (AvgIpc) is 2.67. The van der Waals surface area contributed by atoms with Crippen molar-refractivity contribution in [3.63, 3.8) is 0 Å². The van der Waals surface area contributed by atoms with E-state index in [-0.39, 0.29) is 11.9 Å². The van der Waals surface area contributed by atoms with E-state index in [0.29, 0.717) is 17.2 Å². The molecule has 27 heavy (non-hydrogen) atoms. The second kappa shape index (κ2) is 7.70. The lowest BCUT2D eigenvalue weighted by molar-refractivity contribution is 0.0941. The van der Waals surface area contributed by atoms with E-state index in [0.717, 1.165) is 28.5 Å². The normalized spacial score (nSPS) is 12.0. The first-order valence-corrected chi connectivity index (χ1v) is 9.11. The molecule has 1 aromatic carbocycles. The molecule has 0 fully saturated rings. The zero-order valence-corrected chi connectivity index (χ0v) is 16.4. The molecule has 6 heteroatoms. The predicted octanol–water partition coefficient (Wildman–Crippen LogP) is 3.59. The van der Waals surface area contributed by atoms with E-state index in [1.54, 1.807) is 12.4 Å². The van der Waals surface area contributed by atoms with E-state index < -0.39 is 0 Å². The van der Waals surface area contributed by atoms with Crippen molar-refractivity contribution in [1.82, 2.24) is 20.3 Å². The van der Waals surface area contributed by atoms with Gasteiger partial charge in [0.1, 0.15) is 0 Å². The third kappa shape index (κ3) is 3.89. The lowest BCUT2D eigenvalue weighted by Crippen LogP contribution is -2.32. The van der Waals surface area contributed by atoms with Gasteiger partial charge in [0.05, 0.1) is 16.8 Å². The number of aryl methyl sites for hydroxylation is 1. The van der Waals surface area contributed by atoms with Crippen molar-refractivity contribution in [2.75, 3.05) is 19.0 Å². The number of para-hydroxylation sites is 1. The molecule has 0 aliphatic heterocycles. The van der Waals surface area contributed by atoms with Gasteiger partial charge in [-0.05, 0) is 31.9 Å². The number of nitrogens with zero attached hydrogens (tertiary/aromatic N) is 4. The van der Waals surface area contributed by atoms with Crippen molar-refractivity contribution < 1.29 is 4.79 Å². The van der Waals surface area contributed by atoms with Gasteiger partial charge in [0.2, 0.25) is 5.95 Å². The average molecular weight is 363 g/mol. The molecule has 0 unspecified atom stereocenters. The summed E-state index contributed by atoms with van der Waals surface area (Å²) in [4.78, 5) is 28.3. The Morgan fingerprint density at radius 3 is 2.56 bits per heavy atom. The van der Waals surface area contributed by atoms with Crippen molar-refractivity contribution in [2.24, 2.45) is 0 Å². The summed E-state index contributed by atoms with van der Waals surface area (Å²) in [6, 6.07) is 7.83. The Bertz CT molecular complexity index is 966. The minimum Gasteiger partial charge on any atom is -0.350 e. The van der Waals surface area contributed by atoms with Crippen LogP contribution in [-0.2, 0) is 0 Å². The number of amides is 1. The molecule has 1 N–H and O–H groups in total. The van der Waals surface area contributed by atoms with E-state index in [9.17, 15) is 4.79 Å². The van der Waals surface area contributed by atoms with Gasteiger partial charge in [0.25, 0.3) is 5.91 Å². The molecule has 0 aliphatic rings. The summed E-state index contributed by atoms with van der Waals surface area (Å²) in [5, 5.41) is 3.91. The molecular weight excluding hydrogens is 338 g/mol. The molecule has 0 spiro atoms. The second-order valence-electron chi connectivity index (χ2n) is 6.98. The van der Waals surface area contributed by atoms with Crippen LogP contribution in [-0.4, -0.2) is 41.0 Å². The molecule has 0 aliphatic carbocycles. The van der Waals surface area contributed by atoms with Gasteiger partial charge in [-0.25, -0.2) is 15.0 Å². The number of hydrogen-bond donors (Lipinski definition) is 1. The van der Waals surface area contributed by atoms with Crippen LogP contribution in [0.2, 0.25) is 0 Å². The monoisotopic (exact) mass is 363 g/mol. The first kappa shape index (κ1) is 18.8. The van der Waals surface area contributed by atoms with Gasteiger partial charge < -0.3 is 10.2 Å². The maximum absolute atomic E-state index is 12.9. The van der Waals surface area contributed by atoms with Crippen molar-refractivity contribution in [1.29, 1.82) is 0 Å². The zero-order chi connectivity index (χ0) is 19.6. The zero-order valence-electron chi connectivity index (χ0n) is 16.4. The summed E-state index contributed by atoms with van der Waals surface area (Å²) in [5.41, 5.74) is 3.94. The van der Waals surface area contributed by atoms with Crippen LogP contribution < -0.4 is 10.2 Å². The Hall–Kier alpha value is -3.02. The molecule has 0 saturated carbocycles. The van der Waals surface area contributed by atoms with E-state index in [2.05, 4.69) is 22.2 Å². The number of carbonyl (C=O) groups is 1. The van der Waals surface area contributed by atoms with Crippen LogP contribution in [0, 0.1) is 6.92 Å². The highest BCUT2D eigenvalue weighted by atomic mass is 16.1. The van der Waals surface area contributed by atoms with Gasteiger partial charge in [-0.2, -0.15) is 0 Å². The molecule has 6 nitrogen and oxygen atoms in total. The number of nitrogens with one attached hydrogen (secondary N) is 1. The summed E-state index contributed by atoms with van der Waals surface area (Å²) in [6.07, 6.45) is 4.36. The molecule has 3 aromatic rings. The van der Waals surface area contributed by atoms with Crippen LogP contribution in [0.25, 0.3) is 22.2 Å². The van der Waals surface area contributed by atoms with E-state index in [4.69, 9.17) is 4.98 Å². The number of carbonyl (C=O) groups excluding carboxylic acids is 1. The molecule has 2 heterocycles. The number of hydrogen-bond acceptors (Lipinski definition) is 5. The van der Waals surface area contributed by atoms with E-state index >= 15 is 0 Å². The van der Waals surface area contributed by atoms with Gasteiger partial charge >= 0.3 is 0 Å². The number of aromatic nitrogens is 3. The first-order valence-electron chi connectivity index (χ1n) is 9.11. The standard InChI is InChI=1S/C21H25N5O/c1-6-14(3)24-20(27)17-10-18(15-11-22-21(23-12-15)26(4)5)25-19-13(2)8-7-9-16(17)19/h7-12,14H,6H2,1-5H3,(H,24,27)/t14-/m0/s1. The molecule has 0 radical (unpaired) electrons. The summed E-state index contributed by atoms with van der Waals surface area (Å²) in [6.45, 7) is 6.05. The van der Waals surface area contributed by atoms with Crippen LogP contribution in [0.1, 0.15) is 36.2 Å². The van der Waals surface area contributed by atoms with Gasteiger partial charge in [-0.1, -0.05) is 25.1 Å². The van der Waals surface area contributed by atoms with Crippen molar-refractivity contribution in [2.45, 2.75) is 33.2 Å². The summed E-state index contributed by atoms with van der Waals surface area (Å²) in [7, 11) is 3.79. The van der Waals surface area contributed by atoms with Gasteiger partial charge in [-0.3, -0.25) is 4.79 Å². The first-order chi connectivity index (χ1) is 12.9. The quantitative estimate of drug-likeness (QED) is 0.750. The van der Waals surface area contributed by atoms with Gasteiger partial charge in [-0.15, -0.1) is 0 Å². The number of benzene rings is 1. The molecule has 0 saturated heterocycles. The van der Waals surface area contributed by atoms with Crippen LogP contribution in [0.5, 0.6) is 0 Å². The van der Waals surface area contributed by atoms with Crippen molar-refractivity contribution in [3.05, 3.63) is 47.8 Å². The fourth-order valence-electron chi connectivity index (χ4n) is 2.82. The minimum atomic E-state index is -0.0885. The highest BCUT2D eigenvalue weighted by molar-refractivity contribution is 6.07. The molecule has 1 amide bonds. The molecule has 2 aromatic heterocycles. The fourth-order valence-corrected chi connectivity index (χ4v) is 2.82. The number of fused-ring (bicyclic) bond motifs is 1. The summed E-state index contributed by atoms with van der Waals surface area (Å²) < 4.78 is 0. The predicted molar refractivity (Wildman–Crippen MR) is 109 cm³/mol. The van der Waals surface area contributed by atoms with Crippen LogP contribution in [0.3, 0.4) is 0 Å². The summed E-state index contributed by atoms with van der Waals surface area (Å²) in [5.74, 6) is 0.542. The Kier molecular flexibility index (Phi) is 5.35. The van der Waals surface area contributed by atoms with Crippen LogP contribution in [0.4, 0.5) is 5.95 Å². The molecule has 140 valence electrons. The molecular formula is C21H25N5O. The maximum atomic E-state index is 12.9. The third-order valence-corrected chi connectivity index (χ3v) is 4.61. The second-order valence-corrected chi connectivity index (χ2v) is 6.98. The van der Waals surface area contributed by atoms with E-state index in [1.807, 2.05) is 57.1 Å². The van der Waals surface area contributed by atoms with Crippen LogP contribution >= 0.6 is 0 Å². The van der Waals surface area contributed by atoms with E-state index in [1.165, 1.54) is 0 Å². The lowest BCUT2D eigenvalue weighted by Gasteiger charge is -2.15. The highest BCUT2D eigenvalue weighted by Gasteiger charge is 2.16. The Labute approximate surface area is 159 Å². The minimum absolute atomic E-state index is 0.0885. The third-order valence-electron chi connectivity index (χ3n) is 4.61. The highest BCUT2D eigenvalue weighted by Crippen LogP contribution is 2.26. The molecule has 0 bridgehead atoms. The lowest BCUT2D eigenvalue weighted by atomic mass is 10.0.